The van der Waals surface area contributed by atoms with Crippen LogP contribution >= 0.6 is 40.7 Å². The summed E-state index contributed by atoms with van der Waals surface area (Å²) in [5.74, 6) is 0. The van der Waals surface area contributed by atoms with Gasteiger partial charge < -0.3 is 10.2 Å². The highest BCUT2D eigenvalue weighted by Crippen LogP contribution is 2.28. The Morgan fingerprint density at radius 3 is 2.19 bits per heavy atom. The third kappa shape index (κ3) is 6.26. The number of piperidine rings is 1. The van der Waals surface area contributed by atoms with Crippen LogP contribution in [0.2, 0.25) is 0 Å². The molecule has 1 aliphatic rings. The average Bonchev–Trinajstić information content (AvgIpc) is 2.77. The standard InChI is InChI=1S/C26H30BrN3.2ClH/c1-18-14-22(15-19(2)20(18)3)26-16-21(8-13-29-26)17-30(25-9-11-28-12-10-25)24-6-4-23(27)5-7-24;;/h4-8,13-16,25,28H,9-12,17H2,1-3H3;2*1H. The van der Waals surface area contributed by atoms with Crippen LogP contribution < -0.4 is 10.2 Å². The Hall–Kier alpha value is -1.59. The highest BCUT2D eigenvalue weighted by atomic mass is 79.9. The summed E-state index contributed by atoms with van der Waals surface area (Å²) in [6, 6.07) is 18.2. The first kappa shape index (κ1) is 26.7. The molecule has 0 saturated carbocycles. The van der Waals surface area contributed by atoms with Gasteiger partial charge in [0.05, 0.1) is 5.69 Å². The second-order valence-corrected chi connectivity index (χ2v) is 9.29. The first-order chi connectivity index (χ1) is 14.5. The van der Waals surface area contributed by atoms with E-state index in [2.05, 4.69) is 95.4 Å². The molecule has 0 spiro atoms. The zero-order valence-electron chi connectivity index (χ0n) is 18.9. The number of nitrogens with one attached hydrogen (secondary N) is 1. The Morgan fingerprint density at radius 2 is 1.56 bits per heavy atom. The molecular formula is C26H32BrCl2N3. The van der Waals surface area contributed by atoms with Crippen molar-refractivity contribution in [1.82, 2.24) is 10.3 Å². The molecule has 0 unspecified atom stereocenters. The Morgan fingerprint density at radius 1 is 0.938 bits per heavy atom. The molecule has 1 N–H and O–H groups in total. The van der Waals surface area contributed by atoms with Gasteiger partial charge in [-0.05, 0) is 117 Å². The monoisotopic (exact) mass is 535 g/mol. The third-order valence-electron chi connectivity index (χ3n) is 6.31. The molecule has 0 bridgehead atoms. The number of halogens is 3. The summed E-state index contributed by atoms with van der Waals surface area (Å²) in [5.41, 5.74) is 8.85. The van der Waals surface area contributed by atoms with Crippen LogP contribution in [0.4, 0.5) is 5.69 Å². The van der Waals surface area contributed by atoms with Crippen molar-refractivity contribution >= 4 is 46.4 Å². The van der Waals surface area contributed by atoms with Gasteiger partial charge in [0.15, 0.2) is 0 Å². The number of benzene rings is 2. The summed E-state index contributed by atoms with van der Waals surface area (Å²) in [7, 11) is 0. The maximum atomic E-state index is 4.69. The summed E-state index contributed by atoms with van der Waals surface area (Å²) >= 11 is 3.57. The number of pyridine rings is 1. The van der Waals surface area contributed by atoms with E-state index in [1.165, 1.54) is 46.3 Å². The van der Waals surface area contributed by atoms with Crippen LogP contribution in [0.1, 0.15) is 35.1 Å². The number of nitrogens with zero attached hydrogens (tertiary/aromatic N) is 2. The van der Waals surface area contributed by atoms with E-state index in [9.17, 15) is 0 Å². The molecule has 32 heavy (non-hydrogen) atoms. The average molecular weight is 537 g/mol. The van der Waals surface area contributed by atoms with Gasteiger partial charge in [-0.3, -0.25) is 4.98 Å². The van der Waals surface area contributed by atoms with E-state index in [4.69, 9.17) is 4.98 Å². The minimum atomic E-state index is 0. The fraction of sp³-hybridized carbons (Fsp3) is 0.346. The highest BCUT2D eigenvalue weighted by Gasteiger charge is 2.22. The Kier molecular flexibility index (Phi) is 10.0. The van der Waals surface area contributed by atoms with E-state index >= 15 is 0 Å². The van der Waals surface area contributed by atoms with Crippen molar-refractivity contribution in [3.05, 3.63) is 81.5 Å². The lowest BCUT2D eigenvalue weighted by Crippen LogP contribution is -2.43. The lowest BCUT2D eigenvalue weighted by Gasteiger charge is -2.36. The van der Waals surface area contributed by atoms with Crippen molar-refractivity contribution in [2.24, 2.45) is 0 Å². The second kappa shape index (κ2) is 12.0. The zero-order chi connectivity index (χ0) is 21.1. The first-order valence-electron chi connectivity index (χ1n) is 10.8. The molecule has 0 atom stereocenters. The third-order valence-corrected chi connectivity index (χ3v) is 6.84. The predicted molar refractivity (Wildman–Crippen MR) is 145 cm³/mol. The minimum absolute atomic E-state index is 0. The van der Waals surface area contributed by atoms with E-state index in [-0.39, 0.29) is 24.8 Å². The molecule has 1 saturated heterocycles. The van der Waals surface area contributed by atoms with E-state index in [1.807, 2.05) is 6.20 Å². The lowest BCUT2D eigenvalue weighted by molar-refractivity contribution is 0.428. The fourth-order valence-corrected chi connectivity index (χ4v) is 4.56. The molecule has 6 heteroatoms. The van der Waals surface area contributed by atoms with E-state index in [0.717, 1.165) is 29.8 Å². The number of hydrogen-bond donors (Lipinski definition) is 1. The van der Waals surface area contributed by atoms with E-state index in [0.29, 0.717) is 6.04 Å². The molecule has 0 aliphatic carbocycles. The van der Waals surface area contributed by atoms with Crippen LogP contribution in [0.3, 0.4) is 0 Å². The van der Waals surface area contributed by atoms with Gasteiger partial charge in [-0.15, -0.1) is 24.8 Å². The molecule has 1 aromatic heterocycles. The predicted octanol–water partition coefficient (Wildman–Crippen LogP) is 7.04. The highest BCUT2D eigenvalue weighted by molar-refractivity contribution is 9.10. The van der Waals surface area contributed by atoms with Gasteiger partial charge in [-0.25, -0.2) is 0 Å². The van der Waals surface area contributed by atoms with E-state index < -0.39 is 0 Å². The van der Waals surface area contributed by atoms with Gasteiger partial charge in [0.2, 0.25) is 0 Å². The number of anilines is 1. The fourth-order valence-electron chi connectivity index (χ4n) is 4.29. The normalized spacial score (nSPS) is 13.8. The first-order valence-corrected chi connectivity index (χ1v) is 11.6. The van der Waals surface area contributed by atoms with E-state index in [1.54, 1.807) is 0 Å². The van der Waals surface area contributed by atoms with Crippen LogP contribution in [0.25, 0.3) is 11.3 Å². The Balaban J connectivity index is 0.00000181. The number of rotatable bonds is 5. The molecule has 2 heterocycles. The molecule has 1 aliphatic heterocycles. The SMILES string of the molecule is Cc1cc(-c2cc(CN(c3ccc(Br)cc3)C3CCNCC3)ccn2)cc(C)c1C.Cl.Cl. The van der Waals surface area contributed by atoms with Crippen LogP contribution in [-0.4, -0.2) is 24.1 Å². The maximum Gasteiger partial charge on any atom is 0.0705 e. The minimum Gasteiger partial charge on any atom is -0.364 e. The largest absolute Gasteiger partial charge is 0.364 e. The van der Waals surface area contributed by atoms with Crippen molar-refractivity contribution in [2.75, 3.05) is 18.0 Å². The summed E-state index contributed by atoms with van der Waals surface area (Å²) < 4.78 is 1.12. The van der Waals surface area contributed by atoms with Gasteiger partial charge in [-0.2, -0.15) is 0 Å². The molecule has 1 fully saturated rings. The molecule has 3 nitrogen and oxygen atoms in total. The van der Waals surface area contributed by atoms with Crippen LogP contribution in [-0.2, 0) is 6.54 Å². The second-order valence-electron chi connectivity index (χ2n) is 8.37. The quantitative estimate of drug-likeness (QED) is 0.379. The topological polar surface area (TPSA) is 28.2 Å². The Bertz CT molecular complexity index is 995. The van der Waals surface area contributed by atoms with Gasteiger partial charge in [-0.1, -0.05) is 15.9 Å². The van der Waals surface area contributed by atoms with Crippen molar-refractivity contribution in [3.63, 3.8) is 0 Å². The lowest BCUT2D eigenvalue weighted by atomic mass is 9.98. The molecule has 4 rings (SSSR count). The molecule has 2 aromatic carbocycles. The number of aromatic nitrogens is 1. The summed E-state index contributed by atoms with van der Waals surface area (Å²) in [5, 5.41) is 3.50. The number of aryl methyl sites for hydroxylation is 2. The van der Waals surface area contributed by atoms with Gasteiger partial charge in [0.1, 0.15) is 0 Å². The summed E-state index contributed by atoms with van der Waals surface area (Å²) in [4.78, 5) is 7.26. The molecule has 172 valence electrons. The van der Waals surface area contributed by atoms with Crippen molar-refractivity contribution in [1.29, 1.82) is 0 Å². The Labute approximate surface area is 213 Å². The molecular weight excluding hydrogens is 505 g/mol. The van der Waals surface area contributed by atoms with Gasteiger partial charge in [0, 0.05) is 34.5 Å². The van der Waals surface area contributed by atoms with Gasteiger partial charge in [0.25, 0.3) is 0 Å². The molecule has 3 aromatic rings. The zero-order valence-corrected chi connectivity index (χ0v) is 22.1. The van der Waals surface area contributed by atoms with Crippen molar-refractivity contribution in [3.8, 4) is 11.3 Å². The summed E-state index contributed by atoms with van der Waals surface area (Å²) in [6.07, 6.45) is 4.30. The van der Waals surface area contributed by atoms with Crippen molar-refractivity contribution in [2.45, 2.75) is 46.2 Å². The maximum absolute atomic E-state index is 4.69. The van der Waals surface area contributed by atoms with Crippen LogP contribution in [0.5, 0.6) is 0 Å². The summed E-state index contributed by atoms with van der Waals surface area (Å²) in [6.45, 7) is 9.62. The van der Waals surface area contributed by atoms with Crippen molar-refractivity contribution < 1.29 is 0 Å². The molecule has 0 amide bonds. The number of hydrogen-bond acceptors (Lipinski definition) is 3. The molecule has 0 radical (unpaired) electrons. The van der Waals surface area contributed by atoms with Crippen LogP contribution in [0, 0.1) is 20.8 Å². The van der Waals surface area contributed by atoms with Gasteiger partial charge >= 0.3 is 0 Å². The van der Waals surface area contributed by atoms with Crippen LogP contribution in [0.15, 0.2) is 59.2 Å². The smallest absolute Gasteiger partial charge is 0.0705 e.